The summed E-state index contributed by atoms with van der Waals surface area (Å²) in [5.41, 5.74) is 8.38. The highest BCUT2D eigenvalue weighted by Gasteiger charge is 2.28. The summed E-state index contributed by atoms with van der Waals surface area (Å²) in [5, 5.41) is 0.846. The van der Waals surface area contributed by atoms with Gasteiger partial charge in [0.05, 0.1) is 11.1 Å². The lowest BCUT2D eigenvalue weighted by Crippen LogP contribution is -2.35. The van der Waals surface area contributed by atoms with Gasteiger partial charge in [0.1, 0.15) is 4.21 Å². The highest BCUT2D eigenvalue weighted by Crippen LogP contribution is 2.49. The predicted molar refractivity (Wildman–Crippen MR) is 139 cm³/mol. The van der Waals surface area contributed by atoms with Crippen LogP contribution >= 0.6 is 21.9 Å². The van der Waals surface area contributed by atoms with E-state index in [1.165, 1.54) is 0 Å². The molecule has 0 aliphatic carbocycles. The zero-order chi connectivity index (χ0) is 24.8. The van der Waals surface area contributed by atoms with Crippen LogP contribution in [-0.2, 0) is 10.0 Å². The van der Waals surface area contributed by atoms with E-state index in [-0.39, 0.29) is 22.1 Å². The van der Waals surface area contributed by atoms with Gasteiger partial charge in [-0.3, -0.25) is 13.9 Å². The number of rotatable bonds is 7. The topological polar surface area (TPSA) is 146 Å². The first-order valence-corrected chi connectivity index (χ1v) is 15.4. The number of aromatic nitrogens is 1. The highest BCUT2D eigenvalue weighted by atomic mass is 32.3. The SMILES string of the molecule is CC(C)[C@H](C)NS(=O)(=O)c1ccc(-c2cc(C(N)=O)c3[nH]cc(C4CCS(O)(O)CC4)c3c2)s1. The van der Waals surface area contributed by atoms with Crippen molar-refractivity contribution in [3.05, 3.63) is 41.6 Å². The van der Waals surface area contributed by atoms with Crippen LogP contribution in [0, 0.1) is 5.92 Å². The molecule has 1 aliphatic heterocycles. The molecule has 1 aliphatic rings. The van der Waals surface area contributed by atoms with Crippen molar-refractivity contribution < 1.29 is 22.3 Å². The first-order valence-electron chi connectivity index (χ1n) is 11.2. The largest absolute Gasteiger partial charge is 0.366 e. The molecule has 11 heteroatoms. The minimum atomic E-state index is -3.66. The van der Waals surface area contributed by atoms with Crippen LogP contribution in [0.4, 0.5) is 0 Å². The third-order valence-corrected chi connectivity index (χ3v) is 11.5. The molecule has 1 atom stereocenters. The van der Waals surface area contributed by atoms with Crippen LogP contribution in [0.5, 0.6) is 0 Å². The van der Waals surface area contributed by atoms with E-state index in [1.807, 2.05) is 33.0 Å². The molecule has 0 bridgehead atoms. The van der Waals surface area contributed by atoms with E-state index in [0.717, 1.165) is 22.3 Å². The molecule has 3 heterocycles. The smallest absolute Gasteiger partial charge is 0.250 e. The Kier molecular flexibility index (Phi) is 6.89. The second-order valence-corrected chi connectivity index (χ2v) is 14.8. The number of nitrogens with two attached hydrogens (primary N) is 1. The number of fused-ring (bicyclic) bond motifs is 1. The Hall–Kier alpha value is -1.89. The average Bonchev–Trinajstić information content (AvgIpc) is 3.40. The molecule has 6 N–H and O–H groups in total. The number of hydrogen-bond donors (Lipinski definition) is 5. The van der Waals surface area contributed by atoms with Gasteiger partial charge in [0.25, 0.3) is 5.91 Å². The molecule has 4 rings (SSSR count). The Morgan fingerprint density at radius 3 is 2.50 bits per heavy atom. The fraction of sp³-hybridized carbons (Fsp3) is 0.435. The summed E-state index contributed by atoms with van der Waals surface area (Å²) in [7, 11) is -6.16. The summed E-state index contributed by atoms with van der Waals surface area (Å²) in [6, 6.07) is 6.76. The van der Waals surface area contributed by atoms with Gasteiger partial charge in [-0.2, -0.15) is 10.6 Å². The van der Waals surface area contributed by atoms with Crippen LogP contribution in [0.15, 0.2) is 34.7 Å². The molecule has 1 aromatic carbocycles. The lowest BCUT2D eigenvalue weighted by molar-refractivity contribution is 0.100. The molecule has 186 valence electrons. The van der Waals surface area contributed by atoms with Crippen LogP contribution in [0.1, 0.15) is 55.5 Å². The van der Waals surface area contributed by atoms with Gasteiger partial charge in [0.15, 0.2) is 0 Å². The first-order chi connectivity index (χ1) is 15.9. The Morgan fingerprint density at radius 1 is 1.21 bits per heavy atom. The number of primary amides is 1. The molecule has 8 nitrogen and oxygen atoms in total. The van der Waals surface area contributed by atoms with Crippen LogP contribution in [-0.4, -0.2) is 46.0 Å². The minimum absolute atomic E-state index is 0.130. The molecule has 0 saturated carbocycles. The van der Waals surface area contributed by atoms with Gasteiger partial charge in [0, 0.05) is 34.0 Å². The molecule has 0 unspecified atom stereocenters. The monoisotopic (exact) mass is 525 g/mol. The standard InChI is InChI=1S/C23H31N3O5S3/c1-13(2)14(3)26-34(30,31)21-5-4-20(32-21)16-10-17-19(15-6-8-33(28,29)9-7-15)12-25-22(17)18(11-16)23(24)27/h4-5,10-15,25-26,28-29H,6-9H2,1-3H3,(H2,24,27)/t14-/m0/s1. The summed E-state index contributed by atoms with van der Waals surface area (Å²) in [6.07, 6.45) is 3.16. The Balaban J connectivity index is 1.73. The normalized spacial score (nSPS) is 18.9. The van der Waals surface area contributed by atoms with Crippen LogP contribution in [0.3, 0.4) is 0 Å². The number of aromatic amines is 1. The molecular weight excluding hydrogens is 494 g/mol. The maximum Gasteiger partial charge on any atom is 0.250 e. The molecule has 1 amide bonds. The summed E-state index contributed by atoms with van der Waals surface area (Å²) in [6.45, 7) is 5.75. The molecule has 0 spiro atoms. The summed E-state index contributed by atoms with van der Waals surface area (Å²) in [4.78, 5) is 16.1. The van der Waals surface area contributed by atoms with Crippen LogP contribution < -0.4 is 10.5 Å². The fourth-order valence-corrected chi connectivity index (χ4v) is 8.44. The maximum absolute atomic E-state index is 12.8. The Morgan fingerprint density at radius 2 is 1.88 bits per heavy atom. The van der Waals surface area contributed by atoms with Crippen molar-refractivity contribution in [1.29, 1.82) is 0 Å². The second kappa shape index (κ2) is 9.29. The zero-order valence-corrected chi connectivity index (χ0v) is 21.8. The number of nitrogens with one attached hydrogen (secondary N) is 2. The van der Waals surface area contributed by atoms with E-state index in [1.54, 1.807) is 18.2 Å². The van der Waals surface area contributed by atoms with Gasteiger partial charge in [-0.15, -0.1) is 11.3 Å². The minimum Gasteiger partial charge on any atom is -0.366 e. The highest BCUT2D eigenvalue weighted by molar-refractivity contribution is 8.24. The van der Waals surface area contributed by atoms with Gasteiger partial charge in [-0.05, 0) is 67.0 Å². The summed E-state index contributed by atoms with van der Waals surface area (Å²) in [5.74, 6) is 0.437. The van der Waals surface area contributed by atoms with Gasteiger partial charge >= 0.3 is 0 Å². The van der Waals surface area contributed by atoms with E-state index in [0.29, 0.717) is 45.9 Å². The van der Waals surface area contributed by atoms with Crippen molar-refractivity contribution in [2.24, 2.45) is 11.7 Å². The van der Waals surface area contributed by atoms with Gasteiger partial charge in [-0.25, -0.2) is 13.1 Å². The van der Waals surface area contributed by atoms with E-state index in [4.69, 9.17) is 5.73 Å². The number of sulfonamides is 1. The molecule has 34 heavy (non-hydrogen) atoms. The summed E-state index contributed by atoms with van der Waals surface area (Å²) < 4.78 is 48.6. The third-order valence-electron chi connectivity index (χ3n) is 6.58. The molecule has 0 radical (unpaired) electrons. The zero-order valence-electron chi connectivity index (χ0n) is 19.4. The molecule has 1 fully saturated rings. The van der Waals surface area contributed by atoms with Crippen molar-refractivity contribution in [1.82, 2.24) is 9.71 Å². The third kappa shape index (κ3) is 5.05. The van der Waals surface area contributed by atoms with E-state index in [2.05, 4.69) is 9.71 Å². The van der Waals surface area contributed by atoms with E-state index in [9.17, 15) is 22.3 Å². The Labute approximate surface area is 205 Å². The second-order valence-electron chi connectivity index (χ2n) is 9.31. The Bertz CT molecular complexity index is 1320. The number of benzene rings is 1. The van der Waals surface area contributed by atoms with Crippen molar-refractivity contribution in [2.45, 2.75) is 49.8 Å². The van der Waals surface area contributed by atoms with E-state index >= 15 is 0 Å². The van der Waals surface area contributed by atoms with E-state index < -0.39 is 26.5 Å². The number of hydrogen-bond acceptors (Lipinski definition) is 6. The molecule has 2 aromatic heterocycles. The number of H-pyrrole nitrogens is 1. The number of carbonyl (C=O) groups excluding carboxylic acids is 1. The van der Waals surface area contributed by atoms with Crippen molar-refractivity contribution in [2.75, 3.05) is 11.5 Å². The molecule has 1 saturated heterocycles. The van der Waals surface area contributed by atoms with Crippen LogP contribution in [0.2, 0.25) is 0 Å². The quantitative estimate of drug-likeness (QED) is 0.296. The predicted octanol–water partition coefficient (Wildman–Crippen LogP) is 4.95. The number of thiophene rings is 1. The summed E-state index contributed by atoms with van der Waals surface area (Å²) >= 11 is 1.14. The van der Waals surface area contributed by atoms with Crippen LogP contribution in [0.25, 0.3) is 21.3 Å². The average molecular weight is 526 g/mol. The molecular formula is C23H31N3O5S3. The lowest BCUT2D eigenvalue weighted by atomic mass is 9.91. The van der Waals surface area contributed by atoms with Crippen molar-refractivity contribution in [3.8, 4) is 10.4 Å². The van der Waals surface area contributed by atoms with Gasteiger partial charge < -0.3 is 10.7 Å². The fourth-order valence-electron chi connectivity index (χ4n) is 4.21. The van der Waals surface area contributed by atoms with Crippen molar-refractivity contribution in [3.63, 3.8) is 0 Å². The first kappa shape index (κ1) is 25.2. The maximum atomic E-state index is 12.8. The number of carbonyl (C=O) groups is 1. The van der Waals surface area contributed by atoms with Crippen molar-refractivity contribution >= 4 is 48.8 Å². The number of amides is 1. The molecule has 3 aromatic rings. The van der Waals surface area contributed by atoms with Gasteiger partial charge in [-0.1, -0.05) is 13.8 Å². The van der Waals surface area contributed by atoms with Gasteiger partial charge in [0.2, 0.25) is 10.0 Å². The lowest BCUT2D eigenvalue weighted by Gasteiger charge is -2.39.